The predicted molar refractivity (Wildman–Crippen MR) is 77.4 cm³/mol. The maximum absolute atomic E-state index is 12.5. The first-order valence-electron chi connectivity index (χ1n) is 6.01. The summed E-state index contributed by atoms with van der Waals surface area (Å²) in [5, 5.41) is 0.630. The number of hydrogen-bond donors (Lipinski definition) is 1. The van der Waals surface area contributed by atoms with E-state index in [9.17, 15) is 4.79 Å². The van der Waals surface area contributed by atoms with Crippen LogP contribution in [0.25, 0.3) is 0 Å². The molecule has 18 heavy (non-hydrogen) atoms. The van der Waals surface area contributed by atoms with Crippen molar-refractivity contribution in [3.8, 4) is 0 Å². The van der Waals surface area contributed by atoms with Gasteiger partial charge in [0.1, 0.15) is 0 Å². The molecule has 0 aliphatic rings. The van der Waals surface area contributed by atoms with Gasteiger partial charge in [0.15, 0.2) is 5.78 Å². The zero-order chi connectivity index (χ0) is 13.3. The second-order valence-electron chi connectivity index (χ2n) is 4.66. The molecule has 0 fully saturated rings. The molecule has 0 atom stereocenters. The molecule has 1 aromatic heterocycles. The summed E-state index contributed by atoms with van der Waals surface area (Å²) in [5.41, 5.74) is 8.50. The number of anilines is 1. The number of rotatable bonds is 3. The first-order valence-corrected chi connectivity index (χ1v) is 6.82. The molecule has 2 rings (SSSR count). The molecule has 0 amide bonds. The lowest BCUT2D eigenvalue weighted by atomic mass is 9.94. The highest BCUT2D eigenvalue weighted by Crippen LogP contribution is 2.36. The number of benzene rings is 1. The normalized spacial score (nSPS) is 10.9. The van der Waals surface area contributed by atoms with E-state index in [2.05, 4.69) is 13.8 Å². The van der Waals surface area contributed by atoms with E-state index in [0.29, 0.717) is 22.0 Å². The van der Waals surface area contributed by atoms with Gasteiger partial charge in [-0.3, -0.25) is 4.79 Å². The molecule has 0 radical (unpaired) electrons. The topological polar surface area (TPSA) is 43.1 Å². The summed E-state index contributed by atoms with van der Waals surface area (Å²) in [6.07, 6.45) is 0. The van der Waals surface area contributed by atoms with Crippen LogP contribution in [0, 0.1) is 6.92 Å². The molecule has 1 heterocycles. The Morgan fingerprint density at radius 1 is 1.22 bits per heavy atom. The number of carbonyl (C=O) groups is 1. The van der Waals surface area contributed by atoms with Crippen molar-refractivity contribution >= 4 is 22.1 Å². The van der Waals surface area contributed by atoms with Gasteiger partial charge in [0.2, 0.25) is 0 Å². The maximum Gasteiger partial charge on any atom is 0.196 e. The van der Waals surface area contributed by atoms with E-state index in [1.165, 1.54) is 11.3 Å². The molecule has 1 aromatic carbocycles. The molecular formula is C15H17NOS. The standard InChI is InChI=1S/C15H17NOS/c1-9(2)12-10(3)18-15(16)13(12)14(17)11-7-5-4-6-8-11/h4-9H,16H2,1-3H3. The lowest BCUT2D eigenvalue weighted by molar-refractivity contribution is 0.103. The highest BCUT2D eigenvalue weighted by Gasteiger charge is 2.23. The lowest BCUT2D eigenvalue weighted by Gasteiger charge is -2.09. The number of nitrogens with two attached hydrogens (primary N) is 1. The van der Waals surface area contributed by atoms with Gasteiger partial charge < -0.3 is 5.73 Å². The minimum atomic E-state index is 0.0288. The summed E-state index contributed by atoms with van der Waals surface area (Å²) in [6, 6.07) is 9.31. The first kappa shape index (κ1) is 12.8. The van der Waals surface area contributed by atoms with Crippen LogP contribution in [0.3, 0.4) is 0 Å². The Bertz CT molecular complexity index is 570. The lowest BCUT2D eigenvalue weighted by Crippen LogP contribution is -2.07. The van der Waals surface area contributed by atoms with Crippen molar-refractivity contribution in [2.75, 3.05) is 5.73 Å². The van der Waals surface area contributed by atoms with Crippen molar-refractivity contribution in [1.29, 1.82) is 0 Å². The molecule has 2 N–H and O–H groups in total. The molecule has 0 unspecified atom stereocenters. The SMILES string of the molecule is Cc1sc(N)c(C(=O)c2ccccc2)c1C(C)C. The van der Waals surface area contributed by atoms with Crippen LogP contribution in [-0.2, 0) is 0 Å². The first-order chi connectivity index (χ1) is 8.52. The van der Waals surface area contributed by atoms with Gasteiger partial charge in [-0.2, -0.15) is 0 Å². The summed E-state index contributed by atoms with van der Waals surface area (Å²) in [7, 11) is 0. The Labute approximate surface area is 111 Å². The van der Waals surface area contributed by atoms with E-state index >= 15 is 0 Å². The fourth-order valence-corrected chi connectivity index (χ4v) is 3.33. The van der Waals surface area contributed by atoms with Crippen LogP contribution in [0.15, 0.2) is 30.3 Å². The van der Waals surface area contributed by atoms with Gasteiger partial charge in [0.25, 0.3) is 0 Å². The number of hydrogen-bond acceptors (Lipinski definition) is 3. The Morgan fingerprint density at radius 2 is 1.83 bits per heavy atom. The number of ketones is 1. The smallest absolute Gasteiger partial charge is 0.196 e. The molecule has 2 nitrogen and oxygen atoms in total. The van der Waals surface area contributed by atoms with Crippen LogP contribution in [-0.4, -0.2) is 5.78 Å². The second-order valence-corrected chi connectivity index (χ2v) is 5.92. The van der Waals surface area contributed by atoms with Crippen molar-refractivity contribution in [1.82, 2.24) is 0 Å². The number of carbonyl (C=O) groups excluding carboxylic acids is 1. The van der Waals surface area contributed by atoms with Gasteiger partial charge >= 0.3 is 0 Å². The minimum absolute atomic E-state index is 0.0288. The van der Waals surface area contributed by atoms with E-state index < -0.39 is 0 Å². The number of thiophene rings is 1. The van der Waals surface area contributed by atoms with E-state index in [4.69, 9.17) is 5.73 Å². The average Bonchev–Trinajstić information content (AvgIpc) is 2.64. The molecule has 2 aromatic rings. The fraction of sp³-hybridized carbons (Fsp3) is 0.267. The van der Waals surface area contributed by atoms with Crippen LogP contribution in [0.4, 0.5) is 5.00 Å². The van der Waals surface area contributed by atoms with Crippen LogP contribution in [0.2, 0.25) is 0 Å². The van der Waals surface area contributed by atoms with Crippen LogP contribution >= 0.6 is 11.3 Å². The Balaban J connectivity index is 2.55. The van der Waals surface area contributed by atoms with Crippen LogP contribution in [0.5, 0.6) is 0 Å². The zero-order valence-corrected chi connectivity index (χ0v) is 11.7. The monoisotopic (exact) mass is 259 g/mol. The summed E-state index contributed by atoms with van der Waals surface area (Å²) < 4.78 is 0. The highest BCUT2D eigenvalue weighted by molar-refractivity contribution is 7.16. The van der Waals surface area contributed by atoms with E-state index in [1.54, 1.807) is 0 Å². The number of aryl methyl sites for hydroxylation is 1. The fourth-order valence-electron chi connectivity index (χ4n) is 2.24. The molecular weight excluding hydrogens is 242 g/mol. The molecule has 0 spiro atoms. The van der Waals surface area contributed by atoms with Crippen LogP contribution < -0.4 is 5.73 Å². The van der Waals surface area contributed by atoms with Gasteiger partial charge in [-0.05, 0) is 18.4 Å². The van der Waals surface area contributed by atoms with E-state index in [-0.39, 0.29) is 5.78 Å². The van der Waals surface area contributed by atoms with Crippen molar-refractivity contribution in [3.63, 3.8) is 0 Å². The van der Waals surface area contributed by atoms with Crippen molar-refractivity contribution in [3.05, 3.63) is 51.9 Å². The molecule has 0 saturated carbocycles. The van der Waals surface area contributed by atoms with Gasteiger partial charge in [-0.1, -0.05) is 44.2 Å². The summed E-state index contributed by atoms with van der Waals surface area (Å²) >= 11 is 1.50. The zero-order valence-electron chi connectivity index (χ0n) is 10.9. The molecule has 0 saturated heterocycles. The Morgan fingerprint density at radius 3 is 2.39 bits per heavy atom. The van der Waals surface area contributed by atoms with Gasteiger partial charge in [0, 0.05) is 10.4 Å². The Hall–Kier alpha value is -1.61. The molecule has 3 heteroatoms. The molecule has 94 valence electrons. The summed E-state index contributed by atoms with van der Waals surface area (Å²) in [6.45, 7) is 6.21. The number of nitrogen functional groups attached to an aromatic ring is 1. The maximum atomic E-state index is 12.5. The second kappa shape index (κ2) is 4.94. The van der Waals surface area contributed by atoms with Gasteiger partial charge in [-0.15, -0.1) is 11.3 Å². The highest BCUT2D eigenvalue weighted by atomic mass is 32.1. The quantitative estimate of drug-likeness (QED) is 0.847. The van der Waals surface area contributed by atoms with Gasteiger partial charge in [0.05, 0.1) is 10.6 Å². The molecule has 0 bridgehead atoms. The third-order valence-corrected chi connectivity index (χ3v) is 3.95. The average molecular weight is 259 g/mol. The van der Waals surface area contributed by atoms with E-state index in [0.717, 1.165) is 10.4 Å². The van der Waals surface area contributed by atoms with E-state index in [1.807, 2.05) is 37.3 Å². The molecule has 0 aliphatic heterocycles. The minimum Gasteiger partial charge on any atom is -0.390 e. The largest absolute Gasteiger partial charge is 0.390 e. The third-order valence-electron chi connectivity index (χ3n) is 3.00. The third kappa shape index (κ3) is 2.18. The van der Waals surface area contributed by atoms with Crippen molar-refractivity contribution in [2.24, 2.45) is 0 Å². The van der Waals surface area contributed by atoms with Gasteiger partial charge in [-0.25, -0.2) is 0 Å². The van der Waals surface area contributed by atoms with Crippen molar-refractivity contribution < 1.29 is 4.79 Å². The Kier molecular flexibility index (Phi) is 3.53. The predicted octanol–water partition coefficient (Wildman–Crippen LogP) is 3.99. The van der Waals surface area contributed by atoms with Crippen LogP contribution in [0.1, 0.15) is 46.1 Å². The molecule has 0 aliphatic carbocycles. The summed E-state index contributed by atoms with van der Waals surface area (Å²) in [4.78, 5) is 13.7. The summed E-state index contributed by atoms with van der Waals surface area (Å²) in [5.74, 6) is 0.336. The van der Waals surface area contributed by atoms with Crippen molar-refractivity contribution in [2.45, 2.75) is 26.7 Å².